The molecule has 1 saturated heterocycles. The lowest BCUT2D eigenvalue weighted by molar-refractivity contribution is 0.314. The standard InChI is InChI=1S/C16H20N4O2S/c1-12-18-10-15(13-5-7-17-8-6-13)16(19-12)14-4-3-9-20(11-14)23(2,21)22/h5-8,10,14H,3-4,9,11H2,1-2H3/t14-/m1/s1. The lowest BCUT2D eigenvalue weighted by Crippen LogP contribution is -2.38. The lowest BCUT2D eigenvalue weighted by Gasteiger charge is -2.31. The van der Waals surface area contributed by atoms with E-state index < -0.39 is 10.0 Å². The summed E-state index contributed by atoms with van der Waals surface area (Å²) in [6, 6.07) is 3.85. The Kier molecular flexibility index (Phi) is 4.41. The molecule has 1 aliphatic rings. The summed E-state index contributed by atoms with van der Waals surface area (Å²) in [4.78, 5) is 13.0. The number of piperidine rings is 1. The first-order chi connectivity index (χ1) is 10.9. The van der Waals surface area contributed by atoms with Gasteiger partial charge in [-0.15, -0.1) is 0 Å². The fraction of sp³-hybridized carbons (Fsp3) is 0.438. The summed E-state index contributed by atoms with van der Waals surface area (Å²) in [5, 5.41) is 0. The molecular formula is C16H20N4O2S. The minimum absolute atomic E-state index is 0.0864. The number of sulfonamides is 1. The average molecular weight is 332 g/mol. The average Bonchev–Trinajstić information content (AvgIpc) is 2.55. The van der Waals surface area contributed by atoms with Gasteiger partial charge in [-0.1, -0.05) is 0 Å². The second kappa shape index (κ2) is 6.33. The van der Waals surface area contributed by atoms with Crippen molar-refractivity contribution in [2.24, 2.45) is 0 Å². The van der Waals surface area contributed by atoms with Crippen LogP contribution in [0.1, 0.15) is 30.3 Å². The molecule has 7 heteroatoms. The van der Waals surface area contributed by atoms with Crippen molar-refractivity contribution >= 4 is 10.0 Å². The third-order valence-corrected chi connectivity index (χ3v) is 5.44. The van der Waals surface area contributed by atoms with Gasteiger partial charge < -0.3 is 0 Å². The van der Waals surface area contributed by atoms with E-state index in [2.05, 4.69) is 15.0 Å². The normalized spacial score (nSPS) is 19.7. The second-order valence-corrected chi connectivity index (χ2v) is 7.89. The van der Waals surface area contributed by atoms with E-state index in [0.717, 1.165) is 29.7 Å². The summed E-state index contributed by atoms with van der Waals surface area (Å²) >= 11 is 0. The number of aromatic nitrogens is 3. The lowest BCUT2D eigenvalue weighted by atomic mass is 9.91. The fourth-order valence-corrected chi connectivity index (χ4v) is 3.93. The molecule has 2 aromatic rings. The molecule has 0 unspecified atom stereocenters. The Bertz CT molecular complexity index is 793. The Morgan fingerprint density at radius 3 is 2.70 bits per heavy atom. The van der Waals surface area contributed by atoms with Crippen LogP contribution in [0.4, 0.5) is 0 Å². The van der Waals surface area contributed by atoms with Crippen LogP contribution in [0.3, 0.4) is 0 Å². The summed E-state index contributed by atoms with van der Waals surface area (Å²) in [6.45, 7) is 2.92. The molecule has 0 aliphatic carbocycles. The van der Waals surface area contributed by atoms with Crippen LogP contribution in [0.25, 0.3) is 11.1 Å². The van der Waals surface area contributed by atoms with Crippen LogP contribution in [0.5, 0.6) is 0 Å². The first kappa shape index (κ1) is 16.0. The van der Waals surface area contributed by atoms with Gasteiger partial charge in [-0.25, -0.2) is 22.7 Å². The van der Waals surface area contributed by atoms with Crippen molar-refractivity contribution in [2.45, 2.75) is 25.7 Å². The summed E-state index contributed by atoms with van der Waals surface area (Å²) < 4.78 is 25.3. The monoisotopic (exact) mass is 332 g/mol. The molecule has 3 rings (SSSR count). The first-order valence-corrected chi connectivity index (χ1v) is 9.49. The van der Waals surface area contributed by atoms with Crippen LogP contribution in [-0.2, 0) is 10.0 Å². The van der Waals surface area contributed by atoms with E-state index >= 15 is 0 Å². The number of rotatable bonds is 3. The molecule has 1 fully saturated rings. The van der Waals surface area contributed by atoms with Crippen LogP contribution in [-0.4, -0.2) is 47.0 Å². The molecule has 0 saturated carbocycles. The molecule has 0 spiro atoms. The van der Waals surface area contributed by atoms with Crippen LogP contribution >= 0.6 is 0 Å². The van der Waals surface area contributed by atoms with E-state index in [9.17, 15) is 8.42 Å². The Hall–Kier alpha value is -1.86. The fourth-order valence-electron chi connectivity index (χ4n) is 3.02. The van der Waals surface area contributed by atoms with Crippen LogP contribution in [0, 0.1) is 6.92 Å². The Morgan fingerprint density at radius 2 is 2.00 bits per heavy atom. The highest BCUT2D eigenvalue weighted by atomic mass is 32.2. The molecule has 2 aromatic heterocycles. The summed E-state index contributed by atoms with van der Waals surface area (Å²) in [5.74, 6) is 0.789. The smallest absolute Gasteiger partial charge is 0.211 e. The van der Waals surface area contributed by atoms with Crippen LogP contribution in [0.2, 0.25) is 0 Å². The minimum Gasteiger partial charge on any atom is -0.265 e. The van der Waals surface area contributed by atoms with Crippen LogP contribution < -0.4 is 0 Å². The van der Waals surface area contributed by atoms with E-state index in [1.807, 2.05) is 25.3 Å². The molecule has 1 atom stereocenters. The molecule has 0 aromatic carbocycles. The number of nitrogens with zero attached hydrogens (tertiary/aromatic N) is 4. The largest absolute Gasteiger partial charge is 0.265 e. The van der Waals surface area contributed by atoms with Gasteiger partial charge in [0.1, 0.15) is 5.82 Å². The summed E-state index contributed by atoms with van der Waals surface area (Å²) in [6.07, 6.45) is 8.35. The van der Waals surface area contributed by atoms with E-state index in [1.54, 1.807) is 16.7 Å². The number of hydrogen-bond acceptors (Lipinski definition) is 5. The highest BCUT2D eigenvalue weighted by Gasteiger charge is 2.29. The highest BCUT2D eigenvalue weighted by Crippen LogP contribution is 2.33. The van der Waals surface area contributed by atoms with Crippen molar-refractivity contribution in [1.82, 2.24) is 19.3 Å². The maximum absolute atomic E-state index is 11.9. The zero-order valence-electron chi connectivity index (χ0n) is 13.3. The molecule has 122 valence electrons. The third-order valence-electron chi connectivity index (χ3n) is 4.17. The molecule has 3 heterocycles. The molecule has 1 aliphatic heterocycles. The van der Waals surface area contributed by atoms with E-state index in [4.69, 9.17) is 0 Å². The molecule has 23 heavy (non-hydrogen) atoms. The van der Waals surface area contributed by atoms with Gasteiger partial charge in [0.25, 0.3) is 0 Å². The maximum atomic E-state index is 11.9. The maximum Gasteiger partial charge on any atom is 0.211 e. The van der Waals surface area contributed by atoms with Gasteiger partial charge >= 0.3 is 0 Å². The molecule has 0 radical (unpaired) electrons. The van der Waals surface area contributed by atoms with Crippen molar-refractivity contribution in [2.75, 3.05) is 19.3 Å². The van der Waals surface area contributed by atoms with Crippen molar-refractivity contribution in [3.63, 3.8) is 0 Å². The molecular weight excluding hydrogens is 312 g/mol. The van der Waals surface area contributed by atoms with Gasteiger partial charge in [-0.2, -0.15) is 0 Å². The Morgan fingerprint density at radius 1 is 1.26 bits per heavy atom. The molecule has 0 N–H and O–H groups in total. The van der Waals surface area contributed by atoms with E-state index in [-0.39, 0.29) is 5.92 Å². The summed E-state index contributed by atoms with van der Waals surface area (Å²) in [5.41, 5.74) is 2.89. The van der Waals surface area contributed by atoms with Gasteiger partial charge in [0.15, 0.2) is 0 Å². The van der Waals surface area contributed by atoms with Gasteiger partial charge in [0.05, 0.1) is 11.9 Å². The van der Waals surface area contributed by atoms with Gasteiger partial charge in [0.2, 0.25) is 10.0 Å². The minimum atomic E-state index is -3.17. The van der Waals surface area contributed by atoms with E-state index in [0.29, 0.717) is 18.9 Å². The second-order valence-electron chi connectivity index (χ2n) is 5.91. The third kappa shape index (κ3) is 3.56. The van der Waals surface area contributed by atoms with Crippen molar-refractivity contribution in [1.29, 1.82) is 0 Å². The van der Waals surface area contributed by atoms with Gasteiger partial charge in [-0.05, 0) is 37.5 Å². The highest BCUT2D eigenvalue weighted by molar-refractivity contribution is 7.88. The Balaban J connectivity index is 2.00. The predicted molar refractivity (Wildman–Crippen MR) is 88.4 cm³/mol. The van der Waals surface area contributed by atoms with E-state index in [1.165, 1.54) is 6.26 Å². The van der Waals surface area contributed by atoms with Crippen molar-refractivity contribution in [3.8, 4) is 11.1 Å². The zero-order valence-corrected chi connectivity index (χ0v) is 14.1. The quantitative estimate of drug-likeness (QED) is 0.859. The Labute approximate surface area is 136 Å². The number of hydrogen-bond donors (Lipinski definition) is 0. The van der Waals surface area contributed by atoms with Gasteiger partial charge in [-0.3, -0.25) is 4.98 Å². The van der Waals surface area contributed by atoms with Crippen LogP contribution in [0.15, 0.2) is 30.7 Å². The molecule has 0 bridgehead atoms. The SMILES string of the molecule is Cc1ncc(-c2ccncc2)c([C@@H]2CCCN(S(C)(=O)=O)C2)n1. The molecule has 0 amide bonds. The molecule has 6 nitrogen and oxygen atoms in total. The van der Waals surface area contributed by atoms with Crippen molar-refractivity contribution in [3.05, 3.63) is 42.2 Å². The number of aryl methyl sites for hydroxylation is 1. The summed E-state index contributed by atoms with van der Waals surface area (Å²) in [7, 11) is -3.17. The predicted octanol–water partition coefficient (Wildman–Crippen LogP) is 1.99. The zero-order chi connectivity index (χ0) is 16.4. The number of pyridine rings is 1. The topological polar surface area (TPSA) is 76.1 Å². The first-order valence-electron chi connectivity index (χ1n) is 7.64. The van der Waals surface area contributed by atoms with Gasteiger partial charge in [0, 0.05) is 43.2 Å². The van der Waals surface area contributed by atoms with Crippen molar-refractivity contribution < 1.29 is 8.42 Å².